The third-order valence-electron chi connectivity index (χ3n) is 4.84. The molecule has 1 N–H and O–H groups in total. The first-order valence-corrected chi connectivity index (χ1v) is 11.4. The average Bonchev–Trinajstić information content (AvgIpc) is 2.83. The zero-order valence-corrected chi connectivity index (χ0v) is 18.8. The molecule has 0 radical (unpaired) electrons. The van der Waals surface area contributed by atoms with E-state index in [0.717, 1.165) is 11.1 Å². The Hall–Kier alpha value is -3.36. The molecule has 3 aromatic carbocycles. The molecule has 0 heterocycles. The van der Waals surface area contributed by atoms with Crippen molar-refractivity contribution in [1.82, 2.24) is 9.62 Å². The molecule has 8 heteroatoms. The third kappa shape index (κ3) is 5.87. The molecule has 32 heavy (non-hydrogen) atoms. The van der Waals surface area contributed by atoms with Gasteiger partial charge in [0, 0.05) is 13.1 Å². The average molecular weight is 455 g/mol. The minimum Gasteiger partial charge on any atom is -0.493 e. The summed E-state index contributed by atoms with van der Waals surface area (Å²) in [5.41, 5.74) is 1.59. The second-order valence-electron chi connectivity index (χ2n) is 7.04. The fraction of sp³-hybridized carbons (Fsp3) is 0.208. The van der Waals surface area contributed by atoms with Crippen molar-refractivity contribution in [3.8, 4) is 11.5 Å². The van der Waals surface area contributed by atoms with Crippen LogP contribution < -0.4 is 14.8 Å². The molecule has 3 aromatic rings. The van der Waals surface area contributed by atoms with Crippen LogP contribution in [0.5, 0.6) is 11.5 Å². The second-order valence-corrected chi connectivity index (χ2v) is 8.98. The topological polar surface area (TPSA) is 84.9 Å². The number of carbonyl (C=O) groups excluding carboxylic acids is 1. The van der Waals surface area contributed by atoms with Crippen LogP contribution in [-0.2, 0) is 27.9 Å². The number of benzene rings is 3. The maximum atomic E-state index is 13.2. The van der Waals surface area contributed by atoms with Crippen molar-refractivity contribution in [1.29, 1.82) is 0 Å². The normalized spacial score (nSPS) is 11.2. The number of carbonyl (C=O) groups is 1. The molecule has 1 amide bonds. The molecule has 0 bridgehead atoms. The van der Waals surface area contributed by atoms with Gasteiger partial charge in [-0.25, -0.2) is 8.42 Å². The van der Waals surface area contributed by atoms with Crippen molar-refractivity contribution in [3.05, 3.63) is 90.0 Å². The van der Waals surface area contributed by atoms with E-state index in [0.29, 0.717) is 11.5 Å². The molecule has 0 aliphatic heterocycles. The highest BCUT2D eigenvalue weighted by Gasteiger charge is 2.26. The summed E-state index contributed by atoms with van der Waals surface area (Å²) >= 11 is 0. The van der Waals surface area contributed by atoms with Crippen LogP contribution in [0.4, 0.5) is 0 Å². The van der Waals surface area contributed by atoms with Gasteiger partial charge in [0.2, 0.25) is 15.9 Å². The summed E-state index contributed by atoms with van der Waals surface area (Å²) in [6.07, 6.45) is 0. The van der Waals surface area contributed by atoms with Crippen molar-refractivity contribution >= 4 is 15.9 Å². The highest BCUT2D eigenvalue weighted by atomic mass is 32.2. The number of methoxy groups -OCH3 is 2. The molecular formula is C24H26N2O5S. The van der Waals surface area contributed by atoms with E-state index in [2.05, 4.69) is 5.32 Å². The molecule has 0 spiro atoms. The number of ether oxygens (including phenoxy) is 2. The van der Waals surface area contributed by atoms with Gasteiger partial charge >= 0.3 is 0 Å². The molecule has 0 aliphatic rings. The molecule has 0 saturated carbocycles. The lowest BCUT2D eigenvalue weighted by atomic mass is 10.2. The predicted octanol–water partition coefficient (Wildman–Crippen LogP) is 3.21. The lowest BCUT2D eigenvalue weighted by Gasteiger charge is -2.22. The van der Waals surface area contributed by atoms with Crippen LogP contribution in [0.1, 0.15) is 11.1 Å². The van der Waals surface area contributed by atoms with E-state index in [1.807, 2.05) is 36.4 Å². The van der Waals surface area contributed by atoms with E-state index in [-0.39, 0.29) is 24.5 Å². The highest BCUT2D eigenvalue weighted by Crippen LogP contribution is 2.27. The highest BCUT2D eigenvalue weighted by molar-refractivity contribution is 7.89. The Morgan fingerprint density at radius 1 is 0.844 bits per heavy atom. The van der Waals surface area contributed by atoms with Crippen LogP contribution in [0.3, 0.4) is 0 Å². The summed E-state index contributed by atoms with van der Waals surface area (Å²) in [6.45, 7) is 0.00497. The van der Waals surface area contributed by atoms with Gasteiger partial charge in [0.05, 0.1) is 25.7 Å². The summed E-state index contributed by atoms with van der Waals surface area (Å²) in [5, 5.41) is 2.79. The Morgan fingerprint density at radius 2 is 1.47 bits per heavy atom. The van der Waals surface area contributed by atoms with E-state index in [1.54, 1.807) is 37.4 Å². The van der Waals surface area contributed by atoms with Gasteiger partial charge in [-0.2, -0.15) is 4.31 Å². The van der Waals surface area contributed by atoms with Crippen molar-refractivity contribution in [2.45, 2.75) is 18.0 Å². The van der Waals surface area contributed by atoms with Crippen molar-refractivity contribution in [2.24, 2.45) is 0 Å². The maximum Gasteiger partial charge on any atom is 0.243 e. The maximum absolute atomic E-state index is 13.2. The lowest BCUT2D eigenvalue weighted by molar-refractivity contribution is -0.121. The summed E-state index contributed by atoms with van der Waals surface area (Å²) in [7, 11) is -0.774. The van der Waals surface area contributed by atoms with Gasteiger partial charge in [-0.1, -0.05) is 54.6 Å². The molecule has 0 aliphatic carbocycles. The molecule has 168 valence electrons. The van der Waals surface area contributed by atoms with Gasteiger partial charge in [0.15, 0.2) is 11.5 Å². The summed E-state index contributed by atoms with van der Waals surface area (Å²) < 4.78 is 38.1. The molecular weight excluding hydrogens is 428 g/mol. The number of sulfonamides is 1. The van der Waals surface area contributed by atoms with Gasteiger partial charge < -0.3 is 14.8 Å². The van der Waals surface area contributed by atoms with Crippen LogP contribution in [-0.4, -0.2) is 39.4 Å². The van der Waals surface area contributed by atoms with Gasteiger partial charge in [-0.15, -0.1) is 0 Å². The molecule has 3 rings (SSSR count). The minimum absolute atomic E-state index is 0.0852. The molecule has 0 atom stereocenters. The number of nitrogens with zero attached hydrogens (tertiary/aromatic N) is 1. The van der Waals surface area contributed by atoms with E-state index in [1.165, 1.54) is 23.5 Å². The number of hydrogen-bond donors (Lipinski definition) is 1. The summed E-state index contributed by atoms with van der Waals surface area (Å²) in [6, 6.07) is 22.6. The van der Waals surface area contributed by atoms with Crippen molar-refractivity contribution in [2.75, 3.05) is 20.8 Å². The Morgan fingerprint density at radius 3 is 2.09 bits per heavy atom. The number of amides is 1. The molecule has 0 saturated heterocycles. The smallest absolute Gasteiger partial charge is 0.243 e. The Balaban J connectivity index is 1.75. The van der Waals surface area contributed by atoms with Gasteiger partial charge in [-0.3, -0.25) is 4.79 Å². The standard InChI is InChI=1S/C24H26N2O5S/c1-30-22-14-13-20(15-23(22)31-2)16-25-24(27)18-26(17-19-9-5-3-6-10-19)32(28,29)21-11-7-4-8-12-21/h3-15H,16-18H2,1-2H3,(H,25,27). The zero-order valence-electron chi connectivity index (χ0n) is 18.0. The third-order valence-corrected chi connectivity index (χ3v) is 6.65. The van der Waals surface area contributed by atoms with E-state index in [9.17, 15) is 13.2 Å². The predicted molar refractivity (Wildman–Crippen MR) is 122 cm³/mol. The van der Waals surface area contributed by atoms with Crippen LogP contribution in [0.2, 0.25) is 0 Å². The van der Waals surface area contributed by atoms with Crippen LogP contribution in [0.15, 0.2) is 83.8 Å². The fourth-order valence-electron chi connectivity index (χ4n) is 3.16. The first kappa shape index (κ1) is 23.3. The van der Waals surface area contributed by atoms with Crippen LogP contribution in [0, 0.1) is 0 Å². The Kier molecular flexibility index (Phi) is 7.86. The lowest BCUT2D eigenvalue weighted by Crippen LogP contribution is -2.40. The fourth-order valence-corrected chi connectivity index (χ4v) is 4.57. The van der Waals surface area contributed by atoms with Gasteiger partial charge in [0.25, 0.3) is 0 Å². The van der Waals surface area contributed by atoms with Crippen molar-refractivity contribution in [3.63, 3.8) is 0 Å². The monoisotopic (exact) mass is 454 g/mol. The molecule has 0 aromatic heterocycles. The molecule has 0 unspecified atom stereocenters. The van der Waals surface area contributed by atoms with Crippen LogP contribution >= 0.6 is 0 Å². The van der Waals surface area contributed by atoms with Gasteiger partial charge in [0.1, 0.15) is 0 Å². The number of hydrogen-bond acceptors (Lipinski definition) is 5. The largest absolute Gasteiger partial charge is 0.493 e. The molecule has 7 nitrogen and oxygen atoms in total. The Bertz CT molecular complexity index is 1140. The van der Waals surface area contributed by atoms with E-state index in [4.69, 9.17) is 9.47 Å². The minimum atomic E-state index is -3.86. The Labute approximate surface area is 188 Å². The number of nitrogens with one attached hydrogen (secondary N) is 1. The second kappa shape index (κ2) is 10.8. The summed E-state index contributed by atoms with van der Waals surface area (Å²) in [5.74, 6) is 0.734. The first-order valence-electron chi connectivity index (χ1n) is 10.0. The van der Waals surface area contributed by atoms with E-state index >= 15 is 0 Å². The summed E-state index contributed by atoms with van der Waals surface area (Å²) in [4.78, 5) is 12.8. The SMILES string of the molecule is COc1ccc(CNC(=O)CN(Cc2ccccc2)S(=O)(=O)c2ccccc2)cc1OC. The number of rotatable bonds is 10. The molecule has 0 fully saturated rings. The first-order chi connectivity index (χ1) is 15.4. The van der Waals surface area contributed by atoms with Crippen LogP contribution in [0.25, 0.3) is 0 Å². The van der Waals surface area contributed by atoms with Crippen molar-refractivity contribution < 1.29 is 22.7 Å². The zero-order chi connectivity index (χ0) is 23.0. The van der Waals surface area contributed by atoms with Gasteiger partial charge in [-0.05, 0) is 35.4 Å². The quantitative estimate of drug-likeness (QED) is 0.509. The van der Waals surface area contributed by atoms with E-state index < -0.39 is 15.9 Å².